The first-order chi connectivity index (χ1) is 8.70. The first-order valence-electron chi connectivity index (χ1n) is 5.22. The van der Waals surface area contributed by atoms with Crippen LogP contribution in [0.1, 0.15) is 12.5 Å². The number of ether oxygens (including phenoxy) is 1. The third kappa shape index (κ3) is 3.02. The smallest absolute Gasteiger partial charge is 0.141 e. The van der Waals surface area contributed by atoms with Gasteiger partial charge in [0, 0.05) is 17.1 Å². The zero-order valence-electron chi connectivity index (χ0n) is 9.52. The molecule has 0 spiro atoms. The van der Waals surface area contributed by atoms with Crippen LogP contribution in [0.25, 0.3) is 5.32 Å². The molecule has 18 heavy (non-hydrogen) atoms. The Morgan fingerprint density at radius 2 is 2.22 bits per heavy atom. The summed E-state index contributed by atoms with van der Waals surface area (Å²) in [5.74, 6) is 0.851. The van der Waals surface area contributed by atoms with Gasteiger partial charge in [-0.2, -0.15) is 0 Å². The van der Waals surface area contributed by atoms with Crippen LogP contribution in [0.15, 0.2) is 12.1 Å². The van der Waals surface area contributed by atoms with Crippen molar-refractivity contribution in [1.82, 2.24) is 20.6 Å². The van der Waals surface area contributed by atoms with Crippen molar-refractivity contribution in [3.63, 3.8) is 0 Å². The molecule has 1 aromatic carbocycles. The predicted molar refractivity (Wildman–Crippen MR) is 68.5 cm³/mol. The molecule has 0 saturated carbocycles. The lowest BCUT2D eigenvalue weighted by molar-refractivity contribution is 0.337. The van der Waals surface area contributed by atoms with Crippen molar-refractivity contribution < 1.29 is 4.74 Å². The first-order valence-corrected chi connectivity index (χ1v) is 5.98. The number of aromatic nitrogens is 4. The lowest BCUT2D eigenvalue weighted by Crippen LogP contribution is -1.97. The molecule has 2 rings (SSSR count). The fourth-order valence-electron chi connectivity index (χ4n) is 1.42. The highest BCUT2D eigenvalue weighted by atomic mass is 35.5. The Hall–Kier alpha value is -1.53. The van der Waals surface area contributed by atoms with Crippen LogP contribution in [0.5, 0.6) is 5.75 Å². The average molecular weight is 287 g/mol. The summed E-state index contributed by atoms with van der Waals surface area (Å²) in [7, 11) is 0. The molecule has 0 amide bonds. The minimum Gasteiger partial charge on any atom is -0.492 e. The number of benzene rings is 1. The normalized spacial score (nSPS) is 10.4. The summed E-state index contributed by atoms with van der Waals surface area (Å²) in [6, 6.07) is 3.38. The highest BCUT2D eigenvalue weighted by molar-refractivity contribution is 6.35. The highest BCUT2D eigenvalue weighted by Crippen LogP contribution is 2.34. The van der Waals surface area contributed by atoms with Crippen molar-refractivity contribution in [2.24, 2.45) is 0 Å². The van der Waals surface area contributed by atoms with E-state index in [1.807, 2.05) is 6.92 Å². The van der Waals surface area contributed by atoms with Crippen molar-refractivity contribution in [2.45, 2.75) is 13.5 Å². The Bertz CT molecular complexity index is 517. The Morgan fingerprint density at radius 1 is 1.39 bits per heavy atom. The number of H-pyrrole nitrogens is 1. The zero-order valence-corrected chi connectivity index (χ0v) is 11.0. The fourth-order valence-corrected chi connectivity index (χ4v) is 2.01. The van der Waals surface area contributed by atoms with Gasteiger partial charge < -0.3 is 10.1 Å². The Labute approximate surface area is 114 Å². The number of rotatable bonds is 5. The van der Waals surface area contributed by atoms with Gasteiger partial charge in [-0.05, 0) is 19.1 Å². The van der Waals surface area contributed by atoms with Crippen molar-refractivity contribution in [1.29, 1.82) is 0 Å². The number of nitrogens with zero attached hydrogens (tertiary/aromatic N) is 4. The maximum atomic E-state index is 6.07. The summed E-state index contributed by atoms with van der Waals surface area (Å²) in [6.07, 6.45) is 0. The lowest BCUT2D eigenvalue weighted by Gasteiger charge is -2.14. The molecule has 2 aromatic rings. The molecule has 0 aliphatic heterocycles. The molecule has 1 aromatic heterocycles. The van der Waals surface area contributed by atoms with Crippen LogP contribution >= 0.6 is 23.2 Å². The van der Waals surface area contributed by atoms with Gasteiger partial charge in [-0.3, -0.25) is 15.4 Å². The standard InChI is InChI=1S/C10H10Cl2N5O/c1-2-18-9-6(3-7(11)4-8(9)12)5-13-10-14-16-17-15-10/h3-4H,2,5H2,1H3,(H-,13,14,15,16,17)/q-1. The van der Waals surface area contributed by atoms with Gasteiger partial charge in [0.15, 0.2) is 0 Å². The summed E-state index contributed by atoms with van der Waals surface area (Å²) in [4.78, 5) is 0. The maximum Gasteiger partial charge on any atom is 0.141 e. The largest absolute Gasteiger partial charge is 0.492 e. The lowest BCUT2D eigenvalue weighted by atomic mass is 10.2. The molecule has 0 aliphatic carbocycles. The topological polar surface area (TPSA) is 77.8 Å². The van der Waals surface area contributed by atoms with Gasteiger partial charge in [0.25, 0.3) is 0 Å². The van der Waals surface area contributed by atoms with Gasteiger partial charge in [-0.25, -0.2) is 0 Å². The number of hydrogen-bond acceptors (Lipinski definition) is 4. The van der Waals surface area contributed by atoms with E-state index in [1.165, 1.54) is 0 Å². The van der Waals surface area contributed by atoms with Crippen LogP contribution < -0.4 is 4.74 Å². The van der Waals surface area contributed by atoms with E-state index in [1.54, 1.807) is 12.1 Å². The summed E-state index contributed by atoms with van der Waals surface area (Å²) in [6.45, 7) is 2.71. The van der Waals surface area contributed by atoms with Gasteiger partial charge >= 0.3 is 0 Å². The second-order valence-electron chi connectivity index (χ2n) is 3.34. The third-order valence-corrected chi connectivity index (χ3v) is 2.60. The van der Waals surface area contributed by atoms with E-state index in [2.05, 4.69) is 25.9 Å². The number of aromatic amines is 1. The molecule has 96 valence electrons. The Balaban J connectivity index is 2.19. The highest BCUT2D eigenvalue weighted by Gasteiger charge is 2.09. The molecule has 0 radical (unpaired) electrons. The van der Waals surface area contributed by atoms with E-state index < -0.39 is 0 Å². The quantitative estimate of drug-likeness (QED) is 0.916. The van der Waals surface area contributed by atoms with Gasteiger partial charge in [0.1, 0.15) is 5.75 Å². The number of halogens is 2. The van der Waals surface area contributed by atoms with Crippen LogP contribution in [0.4, 0.5) is 5.95 Å². The Kier molecular flexibility index (Phi) is 4.22. The third-order valence-electron chi connectivity index (χ3n) is 2.10. The molecule has 0 saturated heterocycles. The van der Waals surface area contributed by atoms with Crippen molar-refractivity contribution in [3.8, 4) is 5.75 Å². The number of nitrogens with one attached hydrogen (secondary N) is 1. The molecule has 6 nitrogen and oxygen atoms in total. The molecular formula is C10H10Cl2N5O-. The van der Waals surface area contributed by atoms with Crippen molar-refractivity contribution in [3.05, 3.63) is 33.1 Å². The molecule has 1 N–H and O–H groups in total. The van der Waals surface area contributed by atoms with E-state index in [9.17, 15) is 0 Å². The summed E-state index contributed by atoms with van der Waals surface area (Å²) in [5, 5.41) is 18.3. The van der Waals surface area contributed by atoms with E-state index in [4.69, 9.17) is 27.9 Å². The van der Waals surface area contributed by atoms with E-state index in [0.717, 1.165) is 5.56 Å². The van der Waals surface area contributed by atoms with Crippen LogP contribution in [-0.2, 0) is 6.54 Å². The average Bonchev–Trinajstić information content (AvgIpc) is 2.83. The van der Waals surface area contributed by atoms with E-state index in [0.29, 0.717) is 28.9 Å². The summed E-state index contributed by atoms with van der Waals surface area (Å²) < 4.78 is 5.48. The minimum atomic E-state index is 0.272. The molecular weight excluding hydrogens is 277 g/mol. The molecule has 0 bridgehead atoms. The maximum absolute atomic E-state index is 6.07. The predicted octanol–water partition coefficient (Wildman–Crippen LogP) is 3.11. The molecule has 8 heteroatoms. The Morgan fingerprint density at radius 3 is 2.89 bits per heavy atom. The van der Waals surface area contributed by atoms with Gasteiger partial charge in [-0.15, -0.1) is 5.21 Å². The number of tetrazole rings is 1. The SMILES string of the molecule is CCOc1c(Cl)cc(Cl)cc1C[N-]c1nn[nH]n1. The molecule has 0 unspecified atom stereocenters. The molecule has 0 atom stereocenters. The van der Waals surface area contributed by atoms with Gasteiger partial charge in [-0.1, -0.05) is 23.2 Å². The van der Waals surface area contributed by atoms with Crippen molar-refractivity contribution >= 4 is 29.2 Å². The zero-order chi connectivity index (χ0) is 13.0. The number of hydrogen-bond donors (Lipinski definition) is 1. The van der Waals surface area contributed by atoms with Crippen LogP contribution in [0.2, 0.25) is 10.0 Å². The summed E-state index contributed by atoms with van der Waals surface area (Å²) >= 11 is 12.0. The first kappa shape index (κ1) is 12.9. The van der Waals surface area contributed by atoms with Gasteiger partial charge in [0.2, 0.25) is 0 Å². The van der Waals surface area contributed by atoms with Crippen LogP contribution in [-0.4, -0.2) is 27.2 Å². The van der Waals surface area contributed by atoms with Crippen LogP contribution in [0.3, 0.4) is 0 Å². The second kappa shape index (κ2) is 5.88. The molecule has 0 fully saturated rings. The van der Waals surface area contributed by atoms with Crippen LogP contribution in [0, 0.1) is 0 Å². The molecule has 1 heterocycles. The molecule has 0 aliphatic rings. The van der Waals surface area contributed by atoms with Gasteiger partial charge in [0.05, 0.1) is 17.6 Å². The second-order valence-corrected chi connectivity index (χ2v) is 4.18. The minimum absolute atomic E-state index is 0.272. The fraction of sp³-hybridized carbons (Fsp3) is 0.300. The van der Waals surface area contributed by atoms with E-state index in [-0.39, 0.29) is 5.95 Å². The monoisotopic (exact) mass is 286 g/mol. The van der Waals surface area contributed by atoms with Crippen molar-refractivity contribution in [2.75, 3.05) is 6.61 Å². The summed E-state index contributed by atoms with van der Waals surface area (Å²) in [5.41, 5.74) is 0.777. The van der Waals surface area contributed by atoms with E-state index >= 15 is 0 Å².